The quantitative estimate of drug-likeness (QED) is 0.811. The molecule has 0 amide bonds. The van der Waals surface area contributed by atoms with Gasteiger partial charge in [-0.3, -0.25) is 14.2 Å². The van der Waals surface area contributed by atoms with Crippen LogP contribution in [-0.4, -0.2) is 21.6 Å². The van der Waals surface area contributed by atoms with Crippen LogP contribution < -0.4 is 5.56 Å². The fraction of sp³-hybridized carbons (Fsp3) is 0.500. The van der Waals surface area contributed by atoms with Gasteiger partial charge in [-0.2, -0.15) is 0 Å². The number of hydrogen-bond donors (Lipinski definition) is 0. The van der Waals surface area contributed by atoms with E-state index in [0.717, 1.165) is 29.7 Å². The molecule has 0 saturated heterocycles. The molecule has 6 heteroatoms. The summed E-state index contributed by atoms with van der Waals surface area (Å²) in [4.78, 5) is 30.5. The molecular formula is C14H16N2O3S. The fourth-order valence-electron chi connectivity index (χ4n) is 2.57. The summed E-state index contributed by atoms with van der Waals surface area (Å²) in [6.45, 7) is 3.49. The number of hydrogen-bond acceptors (Lipinski definition) is 5. The lowest BCUT2D eigenvalue weighted by molar-refractivity contribution is -0.148. The highest BCUT2D eigenvalue weighted by molar-refractivity contribution is 7.18. The lowest BCUT2D eigenvalue weighted by Crippen LogP contribution is -2.27. The first-order valence-electron chi connectivity index (χ1n) is 6.75. The van der Waals surface area contributed by atoms with Gasteiger partial charge in [-0.1, -0.05) is 0 Å². The van der Waals surface area contributed by atoms with Crippen molar-refractivity contribution >= 4 is 27.5 Å². The number of aryl methyl sites for hydroxylation is 2. The zero-order valence-electron chi connectivity index (χ0n) is 11.5. The topological polar surface area (TPSA) is 61.2 Å². The van der Waals surface area contributed by atoms with Crippen molar-refractivity contribution in [3.8, 4) is 0 Å². The second kappa shape index (κ2) is 5.01. The van der Waals surface area contributed by atoms with Crippen molar-refractivity contribution < 1.29 is 9.53 Å². The molecule has 0 spiro atoms. The molecule has 2 aromatic rings. The minimum absolute atomic E-state index is 0.0788. The van der Waals surface area contributed by atoms with Crippen LogP contribution in [0.3, 0.4) is 0 Å². The molecule has 2 heterocycles. The highest BCUT2D eigenvalue weighted by Crippen LogP contribution is 2.34. The van der Waals surface area contributed by atoms with E-state index in [0.29, 0.717) is 5.39 Å². The third-order valence-electron chi connectivity index (χ3n) is 3.36. The molecule has 0 unspecified atom stereocenters. The number of aromatic nitrogens is 2. The molecule has 0 N–H and O–H groups in total. The molecule has 0 bridgehead atoms. The van der Waals surface area contributed by atoms with E-state index in [1.54, 1.807) is 25.2 Å². The summed E-state index contributed by atoms with van der Waals surface area (Å²) >= 11 is 1.60. The van der Waals surface area contributed by atoms with Gasteiger partial charge in [0.2, 0.25) is 0 Å². The summed E-state index contributed by atoms with van der Waals surface area (Å²) in [6.07, 6.45) is 4.33. The lowest BCUT2D eigenvalue weighted by atomic mass is 10.2. The van der Waals surface area contributed by atoms with Gasteiger partial charge < -0.3 is 4.74 Å². The van der Waals surface area contributed by atoms with Gasteiger partial charge in [0, 0.05) is 4.88 Å². The van der Waals surface area contributed by atoms with Gasteiger partial charge in [-0.15, -0.1) is 11.3 Å². The summed E-state index contributed by atoms with van der Waals surface area (Å²) in [5, 5.41) is 0.697. The van der Waals surface area contributed by atoms with Crippen molar-refractivity contribution in [2.24, 2.45) is 0 Å². The maximum atomic E-state index is 12.5. The number of esters is 1. The van der Waals surface area contributed by atoms with Crippen molar-refractivity contribution in [1.29, 1.82) is 0 Å². The molecule has 0 aliphatic heterocycles. The molecule has 1 aliphatic rings. The summed E-state index contributed by atoms with van der Waals surface area (Å²) in [5.74, 6) is -0.407. The summed E-state index contributed by atoms with van der Waals surface area (Å²) in [6, 6.07) is 0. The first-order valence-corrected chi connectivity index (χ1v) is 7.57. The minimum atomic E-state index is -0.407. The van der Waals surface area contributed by atoms with E-state index in [1.165, 1.54) is 15.8 Å². The van der Waals surface area contributed by atoms with Crippen LogP contribution in [0, 0.1) is 0 Å². The van der Waals surface area contributed by atoms with Gasteiger partial charge in [0.05, 0.1) is 17.8 Å². The number of rotatable bonds is 3. The van der Waals surface area contributed by atoms with E-state index >= 15 is 0 Å². The van der Waals surface area contributed by atoms with Crippen LogP contribution in [0.2, 0.25) is 0 Å². The predicted octanol–water partition coefficient (Wildman–Crippen LogP) is 1.90. The van der Waals surface area contributed by atoms with Crippen molar-refractivity contribution in [3.05, 3.63) is 27.1 Å². The lowest BCUT2D eigenvalue weighted by Gasteiger charge is -2.09. The fourth-order valence-corrected chi connectivity index (χ4v) is 3.79. The Balaban J connectivity index is 1.99. The number of carbonyl (C=O) groups is 1. The summed E-state index contributed by atoms with van der Waals surface area (Å²) < 4.78 is 6.42. The van der Waals surface area contributed by atoms with Gasteiger partial charge in [0.1, 0.15) is 11.4 Å². The molecule has 0 saturated carbocycles. The smallest absolute Gasteiger partial charge is 0.326 e. The number of ether oxygens (including phenoxy) is 1. The molecule has 0 aromatic carbocycles. The molecule has 3 rings (SSSR count). The van der Waals surface area contributed by atoms with E-state index in [1.807, 2.05) is 0 Å². The second-order valence-corrected chi connectivity index (χ2v) is 6.34. The van der Waals surface area contributed by atoms with E-state index in [-0.39, 0.29) is 18.2 Å². The Morgan fingerprint density at radius 2 is 2.30 bits per heavy atom. The largest absolute Gasteiger partial charge is 0.462 e. The van der Waals surface area contributed by atoms with Gasteiger partial charge >= 0.3 is 5.97 Å². The molecule has 0 fully saturated rings. The van der Waals surface area contributed by atoms with E-state index in [2.05, 4.69) is 4.98 Å². The number of carbonyl (C=O) groups excluding carboxylic acids is 1. The molecule has 2 aromatic heterocycles. The Hall–Kier alpha value is -1.69. The van der Waals surface area contributed by atoms with Crippen molar-refractivity contribution in [1.82, 2.24) is 9.55 Å². The molecule has 0 atom stereocenters. The first kappa shape index (κ1) is 13.3. The number of thiophene rings is 1. The Kier molecular flexibility index (Phi) is 3.33. The number of fused-ring (bicyclic) bond motifs is 3. The van der Waals surface area contributed by atoms with Crippen LogP contribution in [-0.2, 0) is 28.9 Å². The zero-order chi connectivity index (χ0) is 14.3. The average molecular weight is 292 g/mol. The Bertz CT molecular complexity index is 730. The third kappa shape index (κ3) is 2.24. The zero-order valence-corrected chi connectivity index (χ0v) is 12.3. The van der Waals surface area contributed by atoms with Crippen molar-refractivity contribution in [2.45, 2.75) is 45.8 Å². The van der Waals surface area contributed by atoms with Crippen molar-refractivity contribution in [3.63, 3.8) is 0 Å². The van der Waals surface area contributed by atoms with Crippen LogP contribution in [0.15, 0.2) is 11.1 Å². The summed E-state index contributed by atoms with van der Waals surface area (Å²) in [5.41, 5.74) is 1.00. The van der Waals surface area contributed by atoms with Gasteiger partial charge in [-0.05, 0) is 38.7 Å². The second-order valence-electron chi connectivity index (χ2n) is 5.25. The summed E-state index contributed by atoms with van der Waals surface area (Å²) in [7, 11) is 0. The molecule has 1 aliphatic carbocycles. The highest BCUT2D eigenvalue weighted by atomic mass is 32.1. The molecule has 20 heavy (non-hydrogen) atoms. The van der Waals surface area contributed by atoms with Gasteiger partial charge in [0.25, 0.3) is 5.56 Å². The van der Waals surface area contributed by atoms with E-state index in [9.17, 15) is 9.59 Å². The molecule has 106 valence electrons. The molecule has 5 nitrogen and oxygen atoms in total. The standard InChI is InChI=1S/C14H16N2O3S/c1-8(2)19-11(17)6-16-7-15-13-12(14(16)18)9-4-3-5-10(9)20-13/h7-8H,3-6H2,1-2H3. The van der Waals surface area contributed by atoms with Gasteiger partial charge in [-0.25, -0.2) is 4.98 Å². The third-order valence-corrected chi connectivity index (χ3v) is 4.56. The SMILES string of the molecule is CC(C)OC(=O)Cn1cnc2sc3c(c2c1=O)CCC3. The van der Waals surface area contributed by atoms with Crippen LogP contribution in [0.4, 0.5) is 0 Å². The van der Waals surface area contributed by atoms with E-state index in [4.69, 9.17) is 4.74 Å². The van der Waals surface area contributed by atoms with Gasteiger partial charge in [0.15, 0.2) is 0 Å². The highest BCUT2D eigenvalue weighted by Gasteiger charge is 2.21. The van der Waals surface area contributed by atoms with Crippen LogP contribution in [0.5, 0.6) is 0 Å². The van der Waals surface area contributed by atoms with Crippen LogP contribution in [0.25, 0.3) is 10.2 Å². The maximum absolute atomic E-state index is 12.5. The normalized spacial score (nSPS) is 13.9. The van der Waals surface area contributed by atoms with Crippen LogP contribution >= 0.6 is 11.3 Å². The molecule has 0 radical (unpaired) electrons. The Morgan fingerprint density at radius 1 is 1.50 bits per heavy atom. The maximum Gasteiger partial charge on any atom is 0.326 e. The van der Waals surface area contributed by atoms with Crippen molar-refractivity contribution in [2.75, 3.05) is 0 Å². The van der Waals surface area contributed by atoms with E-state index < -0.39 is 5.97 Å². The molecular weight excluding hydrogens is 276 g/mol. The Morgan fingerprint density at radius 3 is 3.05 bits per heavy atom. The average Bonchev–Trinajstić information content (AvgIpc) is 2.91. The predicted molar refractivity (Wildman–Crippen MR) is 77.1 cm³/mol. The van der Waals surface area contributed by atoms with Crippen LogP contribution in [0.1, 0.15) is 30.7 Å². The minimum Gasteiger partial charge on any atom is -0.462 e. The monoisotopic (exact) mass is 292 g/mol. The Labute approximate surface area is 120 Å². The number of nitrogens with zero attached hydrogens (tertiary/aromatic N) is 2. The first-order chi connectivity index (χ1) is 9.56.